The van der Waals surface area contributed by atoms with Gasteiger partial charge in [-0.2, -0.15) is 4.33 Å². The first-order chi connectivity index (χ1) is 7.06. The van der Waals surface area contributed by atoms with Crippen molar-refractivity contribution in [2.24, 2.45) is 0 Å². The van der Waals surface area contributed by atoms with Crippen LogP contribution in [0.5, 0.6) is 11.5 Å². The number of hydrogen-bond donors (Lipinski definition) is 2. The summed E-state index contributed by atoms with van der Waals surface area (Å²) in [6, 6.07) is 2.01. The fraction of sp³-hybridized carbons (Fsp3) is 0. The molecule has 0 aliphatic heterocycles. The Labute approximate surface area is 147 Å². The second-order valence-electron chi connectivity index (χ2n) is 2.24. The van der Waals surface area contributed by atoms with Crippen molar-refractivity contribution < 1.29 is 92.7 Å². The smallest absolute Gasteiger partial charge is 0.768 e. The van der Waals surface area contributed by atoms with Gasteiger partial charge in [-0.15, -0.1) is 0 Å². The van der Waals surface area contributed by atoms with Crippen LogP contribution in [0, 0.1) is 0 Å². The first kappa shape index (κ1) is 20.5. The molecule has 0 aromatic heterocycles. The van der Waals surface area contributed by atoms with E-state index >= 15 is 0 Å². The molecule has 0 aliphatic carbocycles. The minimum absolute atomic E-state index is 0. The Bertz CT molecular complexity index is 389. The van der Waals surface area contributed by atoms with Crippen molar-refractivity contribution in [3.63, 3.8) is 0 Å². The molecule has 2 N–H and O–H groups in total. The van der Waals surface area contributed by atoms with Gasteiger partial charge in [-0.1, -0.05) is 0 Å². The van der Waals surface area contributed by atoms with Crippen LogP contribution < -0.4 is 64.4 Å². The molecule has 17 heavy (non-hydrogen) atoms. The van der Waals surface area contributed by atoms with Crippen molar-refractivity contribution in [2.75, 3.05) is 0 Å². The Balaban J connectivity index is 0. The molecule has 0 radical (unpaired) electrons. The van der Waals surface area contributed by atoms with Crippen molar-refractivity contribution in [2.45, 2.75) is 9.79 Å². The normalized spacial score (nSPS) is 11.2. The summed E-state index contributed by atoms with van der Waals surface area (Å²) in [5.41, 5.74) is 0. The van der Waals surface area contributed by atoms with E-state index < -0.39 is 27.5 Å². The molecular formula is C6H4Na2O7S2. The van der Waals surface area contributed by atoms with Crippen molar-refractivity contribution in [1.82, 2.24) is 0 Å². The van der Waals surface area contributed by atoms with Gasteiger partial charge in [0.05, 0.1) is 16.9 Å². The predicted molar refractivity (Wildman–Crippen MR) is 45.0 cm³/mol. The summed E-state index contributed by atoms with van der Waals surface area (Å²) in [5, 5.41) is 30.8. The number of phenols is 2. The van der Waals surface area contributed by atoms with Crippen LogP contribution in [-0.4, -0.2) is 19.0 Å². The van der Waals surface area contributed by atoms with E-state index in [4.69, 9.17) is 10.2 Å². The molecule has 1 aromatic rings. The monoisotopic (exact) mass is 298 g/mol. The number of phenolic OH excluding ortho intramolecular Hbond substituents is 2. The van der Waals surface area contributed by atoms with E-state index in [-0.39, 0.29) is 64.0 Å². The molecular weight excluding hydrogens is 294 g/mol. The standard InChI is InChI=1S/C6H6O7S2.2Na/c7-4-1-3(14-13-12-9)2-5(6(4)8)15(10)11;;/h1-2,7-9H,(H,10,11);;/q;2*+1/p-2. The minimum Gasteiger partial charge on any atom is -0.768 e. The van der Waals surface area contributed by atoms with E-state index in [9.17, 15) is 14.0 Å². The van der Waals surface area contributed by atoms with Gasteiger partial charge in [0.25, 0.3) is 0 Å². The SMILES string of the molecule is O=S([O-])c1cc(SOO[O-])cc(O)c1O.[Na+].[Na+]. The van der Waals surface area contributed by atoms with Crippen molar-refractivity contribution >= 4 is 23.1 Å². The van der Waals surface area contributed by atoms with Crippen LogP contribution in [0.4, 0.5) is 0 Å². The van der Waals surface area contributed by atoms with E-state index in [0.717, 1.165) is 12.1 Å². The molecule has 1 unspecified atom stereocenters. The second-order valence-corrected chi connectivity index (χ2v) is 3.93. The second kappa shape index (κ2) is 10.0. The molecule has 1 atom stereocenters. The van der Waals surface area contributed by atoms with E-state index in [1.807, 2.05) is 0 Å². The summed E-state index contributed by atoms with van der Waals surface area (Å²) >= 11 is -2.32. The molecule has 0 bridgehead atoms. The predicted octanol–water partition coefficient (Wildman–Crippen LogP) is -6.43. The van der Waals surface area contributed by atoms with Gasteiger partial charge < -0.3 is 20.0 Å². The van der Waals surface area contributed by atoms with Crippen LogP contribution in [0.25, 0.3) is 0 Å². The van der Waals surface area contributed by atoms with Crippen LogP contribution in [0.3, 0.4) is 0 Å². The average Bonchev–Trinajstić information content (AvgIpc) is 2.19. The van der Waals surface area contributed by atoms with Crippen LogP contribution in [-0.2, 0) is 20.5 Å². The van der Waals surface area contributed by atoms with Gasteiger partial charge in [0.15, 0.2) is 11.5 Å². The molecule has 0 saturated carbocycles. The van der Waals surface area contributed by atoms with Crippen LogP contribution in [0.15, 0.2) is 21.9 Å². The molecule has 1 aromatic carbocycles. The Morgan fingerprint density at radius 2 is 1.88 bits per heavy atom. The Hall–Kier alpha value is 1.16. The average molecular weight is 298 g/mol. The molecule has 1 rings (SSSR count). The van der Waals surface area contributed by atoms with Gasteiger partial charge in [-0.25, -0.2) is 0 Å². The molecule has 0 heterocycles. The molecule has 0 saturated heterocycles. The zero-order valence-corrected chi connectivity index (χ0v) is 14.5. The van der Waals surface area contributed by atoms with Gasteiger partial charge in [0, 0.05) is 4.90 Å². The molecule has 0 fully saturated rings. The number of benzene rings is 1. The third-order valence-corrected chi connectivity index (χ3v) is 2.59. The van der Waals surface area contributed by atoms with E-state index in [2.05, 4.69) is 9.37 Å². The largest absolute Gasteiger partial charge is 1.00 e. The maximum Gasteiger partial charge on any atom is 1.00 e. The number of rotatable bonds is 4. The fourth-order valence-corrected chi connectivity index (χ4v) is 1.79. The van der Waals surface area contributed by atoms with Crippen LogP contribution >= 0.6 is 12.0 Å². The number of aromatic hydroxyl groups is 2. The zero-order chi connectivity index (χ0) is 11.4. The summed E-state index contributed by atoms with van der Waals surface area (Å²) < 4.78 is 25.1. The first-order valence-corrected chi connectivity index (χ1v) is 5.16. The Kier molecular flexibility index (Phi) is 12.1. The van der Waals surface area contributed by atoms with Crippen LogP contribution in [0.2, 0.25) is 0 Å². The molecule has 11 heteroatoms. The zero-order valence-electron chi connectivity index (χ0n) is 8.91. The van der Waals surface area contributed by atoms with E-state index in [1.54, 1.807) is 0 Å². The third-order valence-electron chi connectivity index (χ3n) is 1.37. The maximum absolute atomic E-state index is 10.6. The van der Waals surface area contributed by atoms with Crippen LogP contribution in [0.1, 0.15) is 0 Å². The maximum atomic E-state index is 10.6. The van der Waals surface area contributed by atoms with Gasteiger partial charge in [-0.05, 0) is 23.2 Å². The Morgan fingerprint density at radius 3 is 2.35 bits per heavy atom. The summed E-state index contributed by atoms with van der Waals surface area (Å²) in [7, 11) is 0. The molecule has 0 amide bonds. The summed E-state index contributed by atoms with van der Waals surface area (Å²) in [5.74, 6) is -1.41. The molecule has 84 valence electrons. The van der Waals surface area contributed by atoms with Crippen molar-refractivity contribution in [3.8, 4) is 11.5 Å². The topological polar surface area (TPSA) is 122 Å². The summed E-state index contributed by atoms with van der Waals surface area (Å²) in [6.07, 6.45) is 0. The Morgan fingerprint density at radius 1 is 1.29 bits per heavy atom. The van der Waals surface area contributed by atoms with Gasteiger partial charge in [0.2, 0.25) is 0 Å². The van der Waals surface area contributed by atoms with E-state index in [0.29, 0.717) is 12.0 Å². The van der Waals surface area contributed by atoms with Crippen molar-refractivity contribution in [1.29, 1.82) is 0 Å². The fourth-order valence-electron chi connectivity index (χ4n) is 0.797. The van der Waals surface area contributed by atoms with Gasteiger partial charge in [-0.3, -0.25) is 9.25 Å². The van der Waals surface area contributed by atoms with Gasteiger partial charge in [0.1, 0.15) is 0 Å². The summed E-state index contributed by atoms with van der Waals surface area (Å²) in [6.45, 7) is 0. The number of hydrogen-bond acceptors (Lipinski definition) is 8. The molecule has 0 aliphatic rings. The van der Waals surface area contributed by atoms with E-state index in [1.165, 1.54) is 0 Å². The van der Waals surface area contributed by atoms with Gasteiger partial charge >= 0.3 is 59.1 Å². The quantitative estimate of drug-likeness (QED) is 0.140. The molecule has 0 spiro atoms. The third kappa shape index (κ3) is 6.23. The minimum atomic E-state index is -2.71. The van der Waals surface area contributed by atoms with Crippen molar-refractivity contribution in [3.05, 3.63) is 12.1 Å². The summed E-state index contributed by atoms with van der Waals surface area (Å²) in [4.78, 5) is -0.424. The first-order valence-electron chi connectivity index (χ1n) is 3.34. The molecule has 7 nitrogen and oxygen atoms in total.